The smallest absolute Gasteiger partial charge is 0.410 e. The van der Waals surface area contributed by atoms with Gasteiger partial charge < -0.3 is 15.0 Å². The van der Waals surface area contributed by atoms with Crippen LogP contribution in [0.4, 0.5) is 4.79 Å². The van der Waals surface area contributed by atoms with Gasteiger partial charge in [-0.05, 0) is 44.0 Å². The monoisotopic (exact) mass is 374 g/mol. The molecule has 2 aromatic rings. The third kappa shape index (κ3) is 5.75. The molecule has 4 nitrogen and oxygen atoms in total. The quantitative estimate of drug-likeness (QED) is 0.847. The standard InChI is InChI=1S/C21H26N2O2.ClH/c1-17-7-9-18(10-8-17)15-23(20-11-13-22-14-12-20)21(24)25-16-19-5-3-2-4-6-19;/h2-10,20,22H,11-16H2,1H3;1H. The van der Waals surface area contributed by atoms with Gasteiger partial charge in [-0.15, -0.1) is 12.4 Å². The Morgan fingerprint density at radius 3 is 2.35 bits per heavy atom. The number of nitrogens with zero attached hydrogens (tertiary/aromatic N) is 1. The van der Waals surface area contributed by atoms with Gasteiger partial charge in [0.1, 0.15) is 6.61 Å². The Kier molecular flexibility index (Phi) is 7.95. The fraction of sp³-hybridized carbons (Fsp3) is 0.381. The summed E-state index contributed by atoms with van der Waals surface area (Å²) in [5.41, 5.74) is 3.38. The minimum absolute atomic E-state index is 0. The van der Waals surface area contributed by atoms with Gasteiger partial charge in [0.25, 0.3) is 0 Å². The molecular weight excluding hydrogens is 348 g/mol. The van der Waals surface area contributed by atoms with Crippen molar-refractivity contribution < 1.29 is 9.53 Å². The molecule has 0 spiro atoms. The highest BCUT2D eigenvalue weighted by atomic mass is 35.5. The van der Waals surface area contributed by atoms with Gasteiger partial charge in [-0.1, -0.05) is 60.2 Å². The number of amides is 1. The molecule has 2 aromatic carbocycles. The summed E-state index contributed by atoms with van der Waals surface area (Å²) in [6.45, 7) is 4.87. The second-order valence-electron chi connectivity index (χ2n) is 6.63. The summed E-state index contributed by atoms with van der Waals surface area (Å²) in [7, 11) is 0. The molecule has 0 saturated carbocycles. The molecule has 1 amide bonds. The summed E-state index contributed by atoms with van der Waals surface area (Å²) < 4.78 is 5.61. The normalized spacial score (nSPS) is 14.3. The number of rotatable bonds is 5. The highest BCUT2D eigenvalue weighted by Crippen LogP contribution is 2.18. The maximum absolute atomic E-state index is 12.8. The number of aryl methyl sites for hydroxylation is 1. The first kappa shape index (κ1) is 20.3. The number of piperidine rings is 1. The Hall–Kier alpha value is -2.04. The fourth-order valence-corrected chi connectivity index (χ4v) is 3.15. The lowest BCUT2D eigenvalue weighted by atomic mass is 10.0. The van der Waals surface area contributed by atoms with Crippen LogP contribution in [0.2, 0.25) is 0 Å². The van der Waals surface area contributed by atoms with Crippen LogP contribution < -0.4 is 5.32 Å². The Morgan fingerprint density at radius 2 is 1.69 bits per heavy atom. The highest BCUT2D eigenvalue weighted by molar-refractivity contribution is 5.85. The zero-order valence-electron chi connectivity index (χ0n) is 15.2. The molecule has 0 atom stereocenters. The molecule has 140 valence electrons. The van der Waals surface area contributed by atoms with Crippen molar-refractivity contribution >= 4 is 18.5 Å². The average Bonchev–Trinajstić information content (AvgIpc) is 2.67. The average molecular weight is 375 g/mol. The van der Waals surface area contributed by atoms with Crippen LogP contribution in [0, 0.1) is 6.92 Å². The van der Waals surface area contributed by atoms with Gasteiger partial charge in [0.05, 0.1) is 0 Å². The molecule has 1 fully saturated rings. The van der Waals surface area contributed by atoms with E-state index in [1.54, 1.807) is 0 Å². The lowest BCUT2D eigenvalue weighted by molar-refractivity contribution is 0.0699. The molecule has 0 aromatic heterocycles. The molecule has 0 bridgehead atoms. The van der Waals surface area contributed by atoms with E-state index in [9.17, 15) is 4.79 Å². The Morgan fingerprint density at radius 1 is 1.04 bits per heavy atom. The summed E-state index contributed by atoms with van der Waals surface area (Å²) >= 11 is 0. The van der Waals surface area contributed by atoms with Crippen LogP contribution in [-0.2, 0) is 17.9 Å². The first-order valence-electron chi connectivity index (χ1n) is 8.96. The molecule has 1 heterocycles. The molecule has 3 rings (SSSR count). The van der Waals surface area contributed by atoms with Gasteiger partial charge in [-0.25, -0.2) is 4.79 Å². The number of halogens is 1. The molecule has 1 N–H and O–H groups in total. The lowest BCUT2D eigenvalue weighted by Crippen LogP contribution is -2.45. The van der Waals surface area contributed by atoms with E-state index in [-0.39, 0.29) is 24.5 Å². The molecule has 0 radical (unpaired) electrons. The largest absolute Gasteiger partial charge is 0.445 e. The number of nitrogens with one attached hydrogen (secondary N) is 1. The van der Waals surface area contributed by atoms with Crippen molar-refractivity contribution in [2.45, 2.75) is 39.0 Å². The first-order chi connectivity index (χ1) is 12.2. The topological polar surface area (TPSA) is 41.6 Å². The van der Waals surface area contributed by atoms with Gasteiger partial charge >= 0.3 is 6.09 Å². The van der Waals surface area contributed by atoms with E-state index >= 15 is 0 Å². The van der Waals surface area contributed by atoms with E-state index in [0.29, 0.717) is 13.2 Å². The Bertz CT molecular complexity index is 670. The molecule has 0 aliphatic carbocycles. The van der Waals surface area contributed by atoms with Crippen molar-refractivity contribution in [2.24, 2.45) is 0 Å². The second-order valence-corrected chi connectivity index (χ2v) is 6.63. The molecular formula is C21H27ClN2O2. The van der Waals surface area contributed by atoms with E-state index in [4.69, 9.17) is 4.74 Å². The van der Waals surface area contributed by atoms with Crippen molar-refractivity contribution in [3.8, 4) is 0 Å². The third-order valence-electron chi connectivity index (χ3n) is 4.66. The zero-order chi connectivity index (χ0) is 17.5. The molecule has 1 aliphatic heterocycles. The predicted molar refractivity (Wildman–Crippen MR) is 106 cm³/mol. The summed E-state index contributed by atoms with van der Waals surface area (Å²) in [5.74, 6) is 0. The molecule has 5 heteroatoms. The van der Waals surface area contributed by atoms with Crippen molar-refractivity contribution in [3.63, 3.8) is 0 Å². The van der Waals surface area contributed by atoms with E-state index in [1.165, 1.54) is 5.56 Å². The maximum Gasteiger partial charge on any atom is 0.410 e. The lowest BCUT2D eigenvalue weighted by Gasteiger charge is -2.34. The number of benzene rings is 2. The van der Waals surface area contributed by atoms with Crippen molar-refractivity contribution in [1.82, 2.24) is 10.2 Å². The summed E-state index contributed by atoms with van der Waals surface area (Å²) in [6, 6.07) is 18.4. The van der Waals surface area contributed by atoms with Crippen molar-refractivity contribution in [1.29, 1.82) is 0 Å². The van der Waals surface area contributed by atoms with Crippen LogP contribution >= 0.6 is 12.4 Å². The molecule has 26 heavy (non-hydrogen) atoms. The number of hydrogen-bond acceptors (Lipinski definition) is 3. The molecule has 0 unspecified atom stereocenters. The minimum Gasteiger partial charge on any atom is -0.445 e. The molecule has 1 saturated heterocycles. The number of ether oxygens (including phenoxy) is 1. The zero-order valence-corrected chi connectivity index (χ0v) is 16.0. The van der Waals surface area contributed by atoms with Gasteiger partial charge in [0.2, 0.25) is 0 Å². The number of carbonyl (C=O) groups is 1. The second kappa shape index (κ2) is 10.2. The van der Waals surface area contributed by atoms with Crippen LogP contribution in [0.5, 0.6) is 0 Å². The maximum atomic E-state index is 12.8. The van der Waals surface area contributed by atoms with Crippen LogP contribution in [-0.4, -0.2) is 30.1 Å². The molecule has 1 aliphatic rings. The first-order valence-corrected chi connectivity index (χ1v) is 8.96. The van der Waals surface area contributed by atoms with Gasteiger partial charge in [-0.3, -0.25) is 0 Å². The van der Waals surface area contributed by atoms with E-state index < -0.39 is 0 Å². The number of hydrogen-bond donors (Lipinski definition) is 1. The SMILES string of the molecule is Cc1ccc(CN(C(=O)OCc2ccccc2)C2CCNCC2)cc1.Cl. The van der Waals surface area contributed by atoms with E-state index in [0.717, 1.165) is 37.1 Å². The summed E-state index contributed by atoms with van der Waals surface area (Å²) in [4.78, 5) is 14.7. The number of carbonyl (C=O) groups excluding carboxylic acids is 1. The van der Waals surface area contributed by atoms with Gasteiger partial charge in [0.15, 0.2) is 0 Å². The third-order valence-corrected chi connectivity index (χ3v) is 4.66. The summed E-state index contributed by atoms with van der Waals surface area (Å²) in [6.07, 6.45) is 1.70. The van der Waals surface area contributed by atoms with Crippen LogP contribution in [0.15, 0.2) is 54.6 Å². The highest BCUT2D eigenvalue weighted by Gasteiger charge is 2.26. The van der Waals surface area contributed by atoms with Crippen LogP contribution in [0.3, 0.4) is 0 Å². The van der Waals surface area contributed by atoms with Crippen molar-refractivity contribution in [3.05, 3.63) is 71.3 Å². The van der Waals surface area contributed by atoms with Crippen LogP contribution in [0.25, 0.3) is 0 Å². The van der Waals surface area contributed by atoms with Gasteiger partial charge in [-0.2, -0.15) is 0 Å². The van der Waals surface area contributed by atoms with Crippen LogP contribution in [0.1, 0.15) is 29.5 Å². The van der Waals surface area contributed by atoms with E-state index in [2.05, 4.69) is 36.5 Å². The van der Waals surface area contributed by atoms with Gasteiger partial charge in [0, 0.05) is 12.6 Å². The Labute approximate surface area is 162 Å². The summed E-state index contributed by atoms with van der Waals surface area (Å²) in [5, 5.41) is 3.36. The predicted octanol–water partition coefficient (Wildman–Crippen LogP) is 4.31. The van der Waals surface area contributed by atoms with E-state index in [1.807, 2.05) is 35.2 Å². The Balaban J connectivity index is 0.00000243. The minimum atomic E-state index is -0.226. The fourth-order valence-electron chi connectivity index (χ4n) is 3.15. The van der Waals surface area contributed by atoms with Crippen molar-refractivity contribution in [2.75, 3.05) is 13.1 Å².